The summed E-state index contributed by atoms with van der Waals surface area (Å²) in [6.07, 6.45) is 0.962. The molecule has 3 atom stereocenters. The third kappa shape index (κ3) is 3.49. The van der Waals surface area contributed by atoms with E-state index in [-0.39, 0.29) is 12.1 Å². The molecule has 15 heavy (non-hydrogen) atoms. The minimum Gasteiger partial charge on any atom is -0.377 e. The highest BCUT2D eigenvalue weighted by atomic mass is 16.5. The molecule has 6 nitrogen and oxygen atoms in total. The van der Waals surface area contributed by atoms with Crippen LogP contribution >= 0.6 is 0 Å². The Balaban J connectivity index is 2.37. The number of urea groups is 1. The molecule has 0 spiro atoms. The summed E-state index contributed by atoms with van der Waals surface area (Å²) in [6.45, 7) is 4.33. The molecule has 3 amide bonds. The lowest BCUT2D eigenvalue weighted by molar-refractivity contribution is -0.121. The van der Waals surface area contributed by atoms with Crippen LogP contribution in [0.1, 0.15) is 20.3 Å². The molecule has 6 heteroatoms. The first-order valence-electron chi connectivity index (χ1n) is 4.98. The molecular weight excluding hydrogens is 198 g/mol. The van der Waals surface area contributed by atoms with Gasteiger partial charge in [0, 0.05) is 12.6 Å². The fraction of sp³-hybridized carbons (Fsp3) is 0.778. The van der Waals surface area contributed by atoms with Crippen molar-refractivity contribution in [1.82, 2.24) is 10.6 Å². The molecule has 1 rings (SSSR count). The zero-order valence-electron chi connectivity index (χ0n) is 8.95. The van der Waals surface area contributed by atoms with Crippen LogP contribution in [0.2, 0.25) is 0 Å². The van der Waals surface area contributed by atoms with Gasteiger partial charge in [0.1, 0.15) is 0 Å². The molecule has 1 aliphatic rings. The maximum atomic E-state index is 11.3. The predicted octanol–water partition coefficient (Wildman–Crippen LogP) is -0.663. The maximum absolute atomic E-state index is 11.3. The first kappa shape index (κ1) is 11.9. The zero-order chi connectivity index (χ0) is 11.4. The van der Waals surface area contributed by atoms with Crippen LogP contribution in [0.5, 0.6) is 0 Å². The number of hydrogen-bond donors (Lipinski definition) is 3. The van der Waals surface area contributed by atoms with Gasteiger partial charge < -0.3 is 15.8 Å². The third-order valence-corrected chi connectivity index (χ3v) is 2.48. The van der Waals surface area contributed by atoms with Gasteiger partial charge in [-0.3, -0.25) is 10.1 Å². The molecule has 0 aromatic carbocycles. The molecule has 1 saturated heterocycles. The van der Waals surface area contributed by atoms with Crippen molar-refractivity contribution in [3.05, 3.63) is 0 Å². The van der Waals surface area contributed by atoms with Gasteiger partial charge in [-0.2, -0.15) is 0 Å². The van der Waals surface area contributed by atoms with Crippen LogP contribution < -0.4 is 16.4 Å². The number of amides is 3. The number of nitrogens with one attached hydrogen (secondary N) is 2. The molecule has 0 aromatic heterocycles. The van der Waals surface area contributed by atoms with Gasteiger partial charge in [0.15, 0.2) is 0 Å². The third-order valence-electron chi connectivity index (χ3n) is 2.48. The Morgan fingerprint density at radius 1 is 1.53 bits per heavy atom. The number of ether oxygens (including phenoxy) is 1. The van der Waals surface area contributed by atoms with E-state index in [9.17, 15) is 9.59 Å². The zero-order valence-corrected chi connectivity index (χ0v) is 8.95. The van der Waals surface area contributed by atoms with E-state index in [0.29, 0.717) is 6.61 Å². The van der Waals surface area contributed by atoms with Crippen LogP contribution in [-0.4, -0.2) is 36.7 Å². The van der Waals surface area contributed by atoms with Gasteiger partial charge in [0.05, 0.1) is 12.1 Å². The van der Waals surface area contributed by atoms with Crippen molar-refractivity contribution in [2.75, 3.05) is 6.61 Å². The first-order chi connectivity index (χ1) is 7.00. The topological polar surface area (TPSA) is 93.4 Å². The van der Waals surface area contributed by atoms with Crippen LogP contribution in [0.25, 0.3) is 0 Å². The highest BCUT2D eigenvalue weighted by molar-refractivity contribution is 5.96. The van der Waals surface area contributed by atoms with Crippen molar-refractivity contribution in [2.24, 2.45) is 5.73 Å². The Hall–Kier alpha value is -1.14. The summed E-state index contributed by atoms with van der Waals surface area (Å²) in [5.41, 5.74) is 4.84. The Morgan fingerprint density at radius 3 is 2.67 bits per heavy atom. The molecule has 4 N–H and O–H groups in total. The lowest BCUT2D eigenvalue weighted by Crippen LogP contribution is -2.50. The number of imide groups is 1. The second-order valence-corrected chi connectivity index (χ2v) is 3.71. The van der Waals surface area contributed by atoms with E-state index >= 15 is 0 Å². The predicted molar refractivity (Wildman–Crippen MR) is 54.1 cm³/mol. The molecule has 0 saturated carbocycles. The smallest absolute Gasteiger partial charge is 0.318 e. The van der Waals surface area contributed by atoms with E-state index in [2.05, 4.69) is 5.32 Å². The van der Waals surface area contributed by atoms with Crippen LogP contribution in [0.3, 0.4) is 0 Å². The summed E-state index contributed by atoms with van der Waals surface area (Å²) in [5, 5.41) is 5.12. The molecule has 1 aliphatic heterocycles. The van der Waals surface area contributed by atoms with Crippen molar-refractivity contribution in [2.45, 2.75) is 38.5 Å². The van der Waals surface area contributed by atoms with E-state index in [1.807, 2.05) is 12.2 Å². The number of hydrogen-bond acceptors (Lipinski definition) is 4. The fourth-order valence-corrected chi connectivity index (χ4v) is 1.58. The summed E-state index contributed by atoms with van der Waals surface area (Å²) in [6, 6.07) is -1.13. The summed E-state index contributed by atoms with van der Waals surface area (Å²) in [7, 11) is 0. The van der Waals surface area contributed by atoms with Gasteiger partial charge in [-0.05, 0) is 20.3 Å². The normalized spacial score (nSPS) is 27.3. The van der Waals surface area contributed by atoms with E-state index in [4.69, 9.17) is 10.5 Å². The number of carbonyl (C=O) groups is 2. The largest absolute Gasteiger partial charge is 0.377 e. The number of carbonyl (C=O) groups excluding carboxylic acids is 2. The Kier molecular flexibility index (Phi) is 4.05. The van der Waals surface area contributed by atoms with E-state index in [1.54, 1.807) is 6.92 Å². The Bertz CT molecular complexity index is 257. The number of nitrogens with two attached hydrogens (primary N) is 1. The van der Waals surface area contributed by atoms with Crippen molar-refractivity contribution in [3.8, 4) is 0 Å². The average molecular weight is 215 g/mol. The first-order valence-corrected chi connectivity index (χ1v) is 4.98. The minimum atomic E-state index is -0.829. The molecule has 1 fully saturated rings. The Morgan fingerprint density at radius 2 is 2.20 bits per heavy atom. The lowest BCUT2D eigenvalue weighted by atomic mass is 10.1. The Labute approximate surface area is 88.5 Å². The quantitative estimate of drug-likeness (QED) is 0.582. The monoisotopic (exact) mass is 215 g/mol. The molecular formula is C9H17N3O3. The van der Waals surface area contributed by atoms with Crippen LogP contribution in [0.4, 0.5) is 4.79 Å². The maximum Gasteiger partial charge on any atom is 0.318 e. The molecule has 1 heterocycles. The summed E-state index contributed by atoms with van der Waals surface area (Å²) >= 11 is 0. The van der Waals surface area contributed by atoms with Crippen LogP contribution in [-0.2, 0) is 9.53 Å². The minimum absolute atomic E-state index is 0.0915. The van der Waals surface area contributed by atoms with Gasteiger partial charge >= 0.3 is 6.03 Å². The highest BCUT2D eigenvalue weighted by Crippen LogP contribution is 2.12. The average Bonchev–Trinajstić information content (AvgIpc) is 2.50. The van der Waals surface area contributed by atoms with Gasteiger partial charge in [-0.15, -0.1) is 0 Å². The van der Waals surface area contributed by atoms with Gasteiger partial charge in [-0.25, -0.2) is 4.79 Å². The standard InChI is InChI=1S/C9H17N3O3/c1-5(8(13)12-9(10)14)11-7-3-4-15-6(7)2/h5-7,11H,3-4H2,1-2H3,(H3,10,12,13,14). The molecule has 0 radical (unpaired) electrons. The van der Waals surface area contributed by atoms with Crippen molar-refractivity contribution < 1.29 is 14.3 Å². The van der Waals surface area contributed by atoms with Gasteiger partial charge in [0.2, 0.25) is 5.91 Å². The molecule has 3 unspecified atom stereocenters. The molecule has 0 aromatic rings. The summed E-state index contributed by atoms with van der Waals surface area (Å²) < 4.78 is 5.34. The second kappa shape index (κ2) is 5.09. The summed E-state index contributed by atoms with van der Waals surface area (Å²) in [4.78, 5) is 21.8. The van der Waals surface area contributed by atoms with Crippen molar-refractivity contribution in [1.29, 1.82) is 0 Å². The van der Waals surface area contributed by atoms with Crippen LogP contribution in [0, 0.1) is 0 Å². The van der Waals surface area contributed by atoms with Gasteiger partial charge in [-0.1, -0.05) is 0 Å². The SMILES string of the molecule is CC(NC1CCOC1C)C(=O)NC(N)=O. The van der Waals surface area contributed by atoms with Gasteiger partial charge in [0.25, 0.3) is 0 Å². The second-order valence-electron chi connectivity index (χ2n) is 3.71. The number of rotatable bonds is 3. The molecule has 0 bridgehead atoms. The number of primary amides is 1. The van der Waals surface area contributed by atoms with Crippen LogP contribution in [0.15, 0.2) is 0 Å². The molecule has 0 aliphatic carbocycles. The summed E-state index contributed by atoms with van der Waals surface area (Å²) in [5.74, 6) is -0.415. The van der Waals surface area contributed by atoms with E-state index < -0.39 is 18.0 Å². The fourth-order valence-electron chi connectivity index (χ4n) is 1.58. The lowest BCUT2D eigenvalue weighted by Gasteiger charge is -2.20. The van der Waals surface area contributed by atoms with E-state index in [1.165, 1.54) is 0 Å². The highest BCUT2D eigenvalue weighted by Gasteiger charge is 2.27. The molecule has 86 valence electrons. The van der Waals surface area contributed by atoms with Crippen molar-refractivity contribution in [3.63, 3.8) is 0 Å². The van der Waals surface area contributed by atoms with Crippen molar-refractivity contribution >= 4 is 11.9 Å². The van der Waals surface area contributed by atoms with E-state index in [0.717, 1.165) is 6.42 Å².